The van der Waals surface area contributed by atoms with Crippen molar-refractivity contribution in [2.24, 2.45) is 0 Å². The van der Waals surface area contributed by atoms with Crippen LogP contribution in [0.1, 0.15) is 35.4 Å². The Morgan fingerprint density at radius 3 is 2.26 bits per heavy atom. The van der Waals surface area contributed by atoms with Gasteiger partial charge >= 0.3 is 5.97 Å². The molecule has 6 rings (SSSR count). The quantitative estimate of drug-likeness (QED) is 0.224. The fourth-order valence-corrected chi connectivity index (χ4v) is 4.87. The summed E-state index contributed by atoms with van der Waals surface area (Å²) in [6, 6.07) is 28.0. The van der Waals surface area contributed by atoms with Crippen LogP contribution in [0.5, 0.6) is 0 Å². The maximum Gasteiger partial charge on any atom is 0.314 e. The van der Waals surface area contributed by atoms with E-state index in [1.807, 2.05) is 79.7 Å². The molecule has 0 spiro atoms. The van der Waals surface area contributed by atoms with Crippen LogP contribution in [0.2, 0.25) is 0 Å². The van der Waals surface area contributed by atoms with Crippen LogP contribution in [0.25, 0.3) is 22.5 Å². The average Bonchev–Trinajstić information content (AvgIpc) is 3.70. The number of aliphatic carboxylic acids is 1. The first-order valence-corrected chi connectivity index (χ1v) is 12.8. The smallest absolute Gasteiger partial charge is 0.314 e. The van der Waals surface area contributed by atoms with Gasteiger partial charge in [-0.05, 0) is 60.2 Å². The summed E-state index contributed by atoms with van der Waals surface area (Å²) in [7, 11) is 0. The van der Waals surface area contributed by atoms with E-state index in [1.54, 1.807) is 12.1 Å². The molecule has 1 aliphatic rings. The number of carboxylic acid groups (broad SMARTS) is 1. The van der Waals surface area contributed by atoms with Gasteiger partial charge in [0.1, 0.15) is 23.0 Å². The molecular weight excluding hydrogens is 493 g/mol. The third-order valence-electron chi connectivity index (χ3n) is 7.33. The summed E-state index contributed by atoms with van der Waals surface area (Å²) in [5.41, 5.74) is 5.76. The summed E-state index contributed by atoms with van der Waals surface area (Å²) in [5, 5.41) is 17.0. The number of nitrogens with zero attached hydrogens (tertiary/aromatic N) is 2. The number of aromatic nitrogens is 2. The number of hydrogen-bond acceptors (Lipinski definition) is 5. The summed E-state index contributed by atoms with van der Waals surface area (Å²) < 4.78 is 19.8. The Morgan fingerprint density at radius 1 is 0.923 bits per heavy atom. The molecule has 0 amide bonds. The van der Waals surface area contributed by atoms with Crippen LogP contribution in [0, 0.1) is 12.7 Å². The average molecular weight is 520 g/mol. The predicted molar refractivity (Wildman–Crippen MR) is 147 cm³/mol. The lowest BCUT2D eigenvalue weighted by Crippen LogP contribution is -2.19. The number of benzene rings is 3. The Hall–Kier alpha value is -4.78. The van der Waals surface area contributed by atoms with Crippen molar-refractivity contribution >= 4 is 17.5 Å². The molecule has 1 fully saturated rings. The van der Waals surface area contributed by atoms with Gasteiger partial charge in [0.2, 0.25) is 0 Å². The van der Waals surface area contributed by atoms with E-state index in [0.717, 1.165) is 27.9 Å². The van der Waals surface area contributed by atoms with Crippen molar-refractivity contribution in [2.45, 2.75) is 31.6 Å². The highest BCUT2D eigenvalue weighted by Gasteiger charge is 2.51. The van der Waals surface area contributed by atoms with Gasteiger partial charge in [0.05, 0.1) is 5.41 Å². The minimum absolute atomic E-state index is 0.249. The van der Waals surface area contributed by atoms with Crippen LogP contribution < -0.4 is 5.32 Å². The molecule has 1 aliphatic carbocycles. The van der Waals surface area contributed by atoms with Crippen LogP contribution in [-0.2, 0) is 16.6 Å². The molecule has 5 aromatic rings. The molecule has 0 unspecified atom stereocenters. The minimum atomic E-state index is -0.751. The van der Waals surface area contributed by atoms with Gasteiger partial charge in [-0.15, -0.1) is 0 Å². The topological polar surface area (TPSA) is 88.2 Å². The van der Waals surface area contributed by atoms with Gasteiger partial charge in [-0.1, -0.05) is 78.0 Å². The van der Waals surface area contributed by atoms with Crippen molar-refractivity contribution in [2.75, 3.05) is 5.32 Å². The first kappa shape index (κ1) is 24.6. The Bertz CT molecular complexity index is 1660. The number of rotatable bonds is 8. The molecule has 6 nitrogen and oxygen atoms in total. The standard InChI is InChI=1S/C32H26FN3O3/c1-20-29(35-28-8-4-6-26(34-28)19-24-5-2-3-7-27(24)33)30(39-36-20)23-11-9-21(10-12-23)22-13-15-25(16-14-22)32(17-18-32)31(37)38/h2-16H,17-19H2,1H3,(H,34,35)(H,37,38). The van der Waals surface area contributed by atoms with Crippen molar-refractivity contribution in [3.8, 4) is 22.5 Å². The molecule has 7 heteroatoms. The number of carbonyl (C=O) groups is 1. The second-order valence-electron chi connectivity index (χ2n) is 9.92. The first-order chi connectivity index (χ1) is 18.9. The van der Waals surface area contributed by atoms with E-state index in [0.29, 0.717) is 47.8 Å². The van der Waals surface area contributed by atoms with Crippen molar-refractivity contribution in [3.63, 3.8) is 0 Å². The summed E-state index contributed by atoms with van der Waals surface area (Å²) in [4.78, 5) is 16.3. The van der Waals surface area contributed by atoms with Gasteiger partial charge in [-0.3, -0.25) is 4.79 Å². The second-order valence-corrected chi connectivity index (χ2v) is 9.92. The van der Waals surface area contributed by atoms with Crippen molar-refractivity contribution < 1.29 is 18.8 Å². The SMILES string of the molecule is Cc1noc(-c2ccc(-c3ccc(C4(C(=O)O)CC4)cc3)cc2)c1Nc1cccc(Cc2ccccc2F)n1. The highest BCUT2D eigenvalue weighted by atomic mass is 19.1. The third-order valence-corrected chi connectivity index (χ3v) is 7.33. The van der Waals surface area contributed by atoms with E-state index < -0.39 is 11.4 Å². The normalized spacial score (nSPS) is 13.7. The van der Waals surface area contributed by atoms with E-state index in [-0.39, 0.29) is 5.82 Å². The van der Waals surface area contributed by atoms with Gasteiger partial charge in [-0.2, -0.15) is 0 Å². The number of anilines is 2. The van der Waals surface area contributed by atoms with Crippen molar-refractivity contribution in [3.05, 3.63) is 119 Å². The highest BCUT2D eigenvalue weighted by Crippen LogP contribution is 2.48. The fourth-order valence-electron chi connectivity index (χ4n) is 4.87. The zero-order chi connectivity index (χ0) is 27.0. The molecule has 0 saturated heterocycles. The van der Waals surface area contributed by atoms with E-state index in [1.165, 1.54) is 6.07 Å². The van der Waals surface area contributed by atoms with Crippen molar-refractivity contribution in [1.29, 1.82) is 0 Å². The van der Waals surface area contributed by atoms with Crippen LogP contribution in [-0.4, -0.2) is 21.2 Å². The maximum atomic E-state index is 14.1. The third kappa shape index (κ3) is 4.79. The molecule has 2 heterocycles. The molecule has 0 bridgehead atoms. The number of nitrogens with one attached hydrogen (secondary N) is 1. The molecule has 194 valence electrons. The molecule has 3 aromatic carbocycles. The molecule has 2 aromatic heterocycles. The van der Waals surface area contributed by atoms with E-state index >= 15 is 0 Å². The Labute approximate surface area is 225 Å². The lowest BCUT2D eigenvalue weighted by atomic mass is 9.93. The first-order valence-electron chi connectivity index (χ1n) is 12.8. The summed E-state index contributed by atoms with van der Waals surface area (Å²) in [6.45, 7) is 1.86. The summed E-state index contributed by atoms with van der Waals surface area (Å²) in [5.74, 6) is 0.204. The monoisotopic (exact) mass is 519 g/mol. The maximum absolute atomic E-state index is 14.1. The molecule has 0 radical (unpaired) electrons. The van der Waals surface area contributed by atoms with Gasteiger partial charge in [0.15, 0.2) is 5.76 Å². The van der Waals surface area contributed by atoms with Crippen LogP contribution >= 0.6 is 0 Å². The number of halogens is 1. The Morgan fingerprint density at radius 2 is 1.59 bits per heavy atom. The number of hydrogen-bond donors (Lipinski definition) is 2. The lowest BCUT2D eigenvalue weighted by molar-refractivity contribution is -0.140. The molecule has 0 atom stereocenters. The zero-order valence-electron chi connectivity index (χ0n) is 21.3. The van der Waals surface area contributed by atoms with E-state index in [4.69, 9.17) is 4.52 Å². The van der Waals surface area contributed by atoms with Gasteiger partial charge in [-0.25, -0.2) is 9.37 Å². The summed E-state index contributed by atoms with van der Waals surface area (Å²) in [6.07, 6.45) is 1.76. The molecular formula is C32H26FN3O3. The number of aryl methyl sites for hydroxylation is 1. The number of carboxylic acids is 1. The fraction of sp³-hybridized carbons (Fsp3) is 0.156. The lowest BCUT2D eigenvalue weighted by Gasteiger charge is -2.11. The van der Waals surface area contributed by atoms with Crippen LogP contribution in [0.15, 0.2) is 95.5 Å². The predicted octanol–water partition coefficient (Wildman–Crippen LogP) is 7.30. The molecule has 0 aliphatic heterocycles. The van der Waals surface area contributed by atoms with Crippen LogP contribution in [0.3, 0.4) is 0 Å². The summed E-state index contributed by atoms with van der Waals surface area (Å²) >= 11 is 0. The number of pyridine rings is 1. The molecule has 39 heavy (non-hydrogen) atoms. The van der Waals surface area contributed by atoms with E-state index in [2.05, 4.69) is 15.5 Å². The second kappa shape index (κ2) is 9.83. The minimum Gasteiger partial charge on any atom is -0.481 e. The Balaban J connectivity index is 1.21. The van der Waals surface area contributed by atoms with Crippen molar-refractivity contribution in [1.82, 2.24) is 10.1 Å². The largest absolute Gasteiger partial charge is 0.481 e. The van der Waals surface area contributed by atoms with E-state index in [9.17, 15) is 14.3 Å². The van der Waals surface area contributed by atoms with Gasteiger partial charge in [0, 0.05) is 17.7 Å². The van der Waals surface area contributed by atoms with Gasteiger partial charge in [0.25, 0.3) is 0 Å². The Kier molecular flexibility index (Phi) is 6.19. The molecule has 1 saturated carbocycles. The highest BCUT2D eigenvalue weighted by molar-refractivity contribution is 5.85. The zero-order valence-corrected chi connectivity index (χ0v) is 21.3. The molecule has 2 N–H and O–H groups in total. The van der Waals surface area contributed by atoms with Gasteiger partial charge < -0.3 is 14.9 Å². The van der Waals surface area contributed by atoms with Crippen LogP contribution in [0.4, 0.5) is 15.9 Å².